The lowest BCUT2D eigenvalue weighted by Gasteiger charge is -2.11. The third kappa shape index (κ3) is 3.44. The molecule has 0 aliphatic carbocycles. The maximum Gasteiger partial charge on any atom is 0.258 e. The highest BCUT2D eigenvalue weighted by Crippen LogP contribution is 2.27. The molecule has 3 heterocycles. The lowest BCUT2D eigenvalue weighted by molar-refractivity contribution is -0.116. The summed E-state index contributed by atoms with van der Waals surface area (Å²) < 4.78 is 6.79. The summed E-state index contributed by atoms with van der Waals surface area (Å²) in [7, 11) is 0. The zero-order chi connectivity index (χ0) is 19.7. The van der Waals surface area contributed by atoms with Gasteiger partial charge in [-0.3, -0.25) is 14.2 Å². The molecule has 0 aliphatic heterocycles. The zero-order valence-corrected chi connectivity index (χ0v) is 16.1. The molecule has 8 nitrogen and oxygen atoms in total. The number of pyridine rings is 1. The van der Waals surface area contributed by atoms with Crippen LogP contribution >= 0.6 is 11.3 Å². The lowest BCUT2D eigenvalue weighted by Crippen LogP contribution is -2.27. The molecule has 1 aromatic carbocycles. The van der Waals surface area contributed by atoms with E-state index in [1.807, 2.05) is 32.0 Å². The minimum atomic E-state index is -0.327. The van der Waals surface area contributed by atoms with E-state index in [1.54, 1.807) is 17.6 Å². The topological polar surface area (TPSA) is 103 Å². The standard InChI is InChI=1S/C19H17N5O3S/c1-11(2)17-22-18(27-23-17)13-9-16(26)24(14-6-4-3-5-12(13)14)10-15(25)21-19-20-7-8-28-19/h3-9,11H,10H2,1-2H3,(H,20,21,25). The quantitative estimate of drug-likeness (QED) is 0.556. The number of nitrogens with zero attached hydrogens (tertiary/aromatic N) is 4. The molecule has 0 saturated heterocycles. The van der Waals surface area contributed by atoms with E-state index < -0.39 is 0 Å². The van der Waals surface area contributed by atoms with Gasteiger partial charge in [-0.1, -0.05) is 37.2 Å². The van der Waals surface area contributed by atoms with Gasteiger partial charge in [0, 0.05) is 28.9 Å². The normalized spacial score (nSPS) is 11.2. The first-order chi connectivity index (χ1) is 13.5. The first kappa shape index (κ1) is 18.1. The molecule has 4 rings (SSSR count). The minimum Gasteiger partial charge on any atom is -0.334 e. The molecule has 142 valence electrons. The Morgan fingerprint density at radius 1 is 1.32 bits per heavy atom. The Hall–Kier alpha value is -3.33. The molecule has 0 atom stereocenters. The summed E-state index contributed by atoms with van der Waals surface area (Å²) >= 11 is 1.32. The minimum absolute atomic E-state index is 0.110. The average molecular weight is 395 g/mol. The van der Waals surface area contributed by atoms with Gasteiger partial charge in [0.1, 0.15) is 6.54 Å². The highest BCUT2D eigenvalue weighted by molar-refractivity contribution is 7.13. The van der Waals surface area contributed by atoms with E-state index in [1.165, 1.54) is 22.0 Å². The van der Waals surface area contributed by atoms with Crippen LogP contribution in [0.5, 0.6) is 0 Å². The summed E-state index contributed by atoms with van der Waals surface area (Å²) in [4.78, 5) is 33.6. The summed E-state index contributed by atoms with van der Waals surface area (Å²) in [5.41, 5.74) is 0.840. The number of hydrogen-bond donors (Lipinski definition) is 1. The molecule has 0 saturated carbocycles. The Morgan fingerprint density at radius 2 is 2.14 bits per heavy atom. The van der Waals surface area contributed by atoms with Crippen molar-refractivity contribution in [2.45, 2.75) is 26.3 Å². The maximum atomic E-state index is 12.8. The fourth-order valence-corrected chi connectivity index (χ4v) is 3.39. The summed E-state index contributed by atoms with van der Waals surface area (Å²) in [5, 5.41) is 9.68. The third-order valence-corrected chi connectivity index (χ3v) is 4.88. The molecule has 4 aromatic rings. The van der Waals surface area contributed by atoms with E-state index in [-0.39, 0.29) is 29.8 Å². The molecular weight excluding hydrogens is 378 g/mol. The first-order valence-electron chi connectivity index (χ1n) is 8.69. The molecular formula is C19H17N5O3S. The Labute approximate surface area is 163 Å². The Balaban J connectivity index is 1.76. The van der Waals surface area contributed by atoms with Crippen molar-refractivity contribution in [3.63, 3.8) is 0 Å². The van der Waals surface area contributed by atoms with Gasteiger partial charge < -0.3 is 9.84 Å². The number of carbonyl (C=O) groups is 1. The smallest absolute Gasteiger partial charge is 0.258 e. The van der Waals surface area contributed by atoms with Crippen LogP contribution in [-0.4, -0.2) is 25.6 Å². The van der Waals surface area contributed by atoms with Crippen molar-refractivity contribution in [2.75, 3.05) is 5.32 Å². The van der Waals surface area contributed by atoms with Crippen LogP contribution in [0, 0.1) is 0 Å². The maximum absolute atomic E-state index is 12.8. The van der Waals surface area contributed by atoms with Crippen LogP contribution in [0.3, 0.4) is 0 Å². The molecule has 0 bridgehead atoms. The Morgan fingerprint density at radius 3 is 2.86 bits per heavy atom. The molecule has 28 heavy (non-hydrogen) atoms. The monoisotopic (exact) mass is 395 g/mol. The molecule has 9 heteroatoms. The second kappa shape index (κ2) is 7.35. The zero-order valence-electron chi connectivity index (χ0n) is 15.2. The predicted octanol–water partition coefficient (Wildman–Crippen LogP) is 3.27. The van der Waals surface area contributed by atoms with Crippen LogP contribution < -0.4 is 10.9 Å². The summed E-state index contributed by atoms with van der Waals surface area (Å²) in [6.07, 6.45) is 1.60. The summed E-state index contributed by atoms with van der Waals surface area (Å²) in [5.74, 6) is 0.649. The van der Waals surface area contributed by atoms with E-state index in [2.05, 4.69) is 20.4 Å². The SMILES string of the molecule is CC(C)c1noc(-c2cc(=O)n(CC(=O)Nc3nccs3)c3ccccc23)n1. The summed E-state index contributed by atoms with van der Waals surface area (Å²) in [6.45, 7) is 3.80. The van der Waals surface area contributed by atoms with Crippen LogP contribution in [0.1, 0.15) is 25.6 Å². The number of benzene rings is 1. The molecule has 1 amide bonds. The van der Waals surface area contributed by atoms with Gasteiger partial charge in [0.25, 0.3) is 11.4 Å². The number of carbonyl (C=O) groups excluding carboxylic acids is 1. The number of anilines is 1. The van der Waals surface area contributed by atoms with Gasteiger partial charge in [0.05, 0.1) is 11.1 Å². The van der Waals surface area contributed by atoms with E-state index in [0.29, 0.717) is 22.0 Å². The fraction of sp³-hybridized carbons (Fsp3) is 0.211. The lowest BCUT2D eigenvalue weighted by atomic mass is 10.1. The van der Waals surface area contributed by atoms with Gasteiger partial charge in [0.2, 0.25) is 5.91 Å². The largest absolute Gasteiger partial charge is 0.334 e. The second-order valence-corrected chi connectivity index (χ2v) is 7.39. The van der Waals surface area contributed by atoms with Crippen molar-refractivity contribution in [3.05, 3.63) is 58.1 Å². The predicted molar refractivity (Wildman–Crippen MR) is 106 cm³/mol. The molecule has 0 radical (unpaired) electrons. The number of thiazole rings is 1. The van der Waals surface area contributed by atoms with Gasteiger partial charge in [0.15, 0.2) is 11.0 Å². The number of hydrogen-bond acceptors (Lipinski definition) is 7. The van der Waals surface area contributed by atoms with Crippen LogP contribution in [0.15, 0.2) is 51.2 Å². The van der Waals surface area contributed by atoms with Crippen LogP contribution in [0.2, 0.25) is 0 Å². The Kier molecular flexibility index (Phi) is 4.74. The molecule has 0 aliphatic rings. The molecule has 3 aromatic heterocycles. The molecule has 0 unspecified atom stereocenters. The molecule has 0 spiro atoms. The molecule has 1 N–H and O–H groups in total. The average Bonchev–Trinajstić information content (AvgIpc) is 3.36. The third-order valence-electron chi connectivity index (χ3n) is 4.19. The Bertz CT molecular complexity index is 1190. The van der Waals surface area contributed by atoms with E-state index in [0.717, 1.165) is 5.39 Å². The van der Waals surface area contributed by atoms with Crippen LogP contribution in [-0.2, 0) is 11.3 Å². The van der Waals surface area contributed by atoms with Crippen molar-refractivity contribution in [1.29, 1.82) is 0 Å². The fourth-order valence-electron chi connectivity index (χ4n) is 2.84. The van der Waals surface area contributed by atoms with Crippen molar-refractivity contribution in [3.8, 4) is 11.5 Å². The number of fused-ring (bicyclic) bond motifs is 1. The number of para-hydroxylation sites is 1. The van der Waals surface area contributed by atoms with Gasteiger partial charge in [-0.2, -0.15) is 4.98 Å². The van der Waals surface area contributed by atoms with Crippen molar-refractivity contribution in [2.24, 2.45) is 0 Å². The highest BCUT2D eigenvalue weighted by atomic mass is 32.1. The van der Waals surface area contributed by atoms with Gasteiger partial charge in [-0.05, 0) is 6.07 Å². The number of nitrogens with one attached hydrogen (secondary N) is 1. The van der Waals surface area contributed by atoms with E-state index in [4.69, 9.17) is 4.52 Å². The van der Waals surface area contributed by atoms with Crippen molar-refractivity contribution in [1.82, 2.24) is 19.7 Å². The highest BCUT2D eigenvalue weighted by Gasteiger charge is 2.18. The number of aromatic nitrogens is 4. The van der Waals surface area contributed by atoms with Crippen molar-refractivity contribution >= 4 is 33.3 Å². The summed E-state index contributed by atoms with van der Waals surface area (Å²) in [6, 6.07) is 8.75. The van der Waals surface area contributed by atoms with E-state index in [9.17, 15) is 9.59 Å². The van der Waals surface area contributed by atoms with Gasteiger partial charge in [-0.25, -0.2) is 4.98 Å². The number of amides is 1. The van der Waals surface area contributed by atoms with Crippen LogP contribution in [0.25, 0.3) is 22.4 Å². The van der Waals surface area contributed by atoms with Gasteiger partial charge >= 0.3 is 0 Å². The first-order valence-corrected chi connectivity index (χ1v) is 9.57. The second-order valence-electron chi connectivity index (χ2n) is 6.50. The van der Waals surface area contributed by atoms with Crippen molar-refractivity contribution < 1.29 is 9.32 Å². The number of rotatable bonds is 5. The van der Waals surface area contributed by atoms with E-state index >= 15 is 0 Å². The molecule has 0 fully saturated rings. The van der Waals surface area contributed by atoms with Crippen LogP contribution in [0.4, 0.5) is 5.13 Å². The van der Waals surface area contributed by atoms with Gasteiger partial charge in [-0.15, -0.1) is 11.3 Å².